The molecule has 1 aliphatic heterocycles. The summed E-state index contributed by atoms with van der Waals surface area (Å²) in [7, 11) is 1.63. The molecular formula is C21H22N6O3. The molecular weight excluding hydrogens is 384 g/mol. The highest BCUT2D eigenvalue weighted by Crippen LogP contribution is 2.52. The molecule has 0 spiro atoms. The molecule has 1 aromatic carbocycles. The van der Waals surface area contributed by atoms with Gasteiger partial charge in [0, 0.05) is 13.2 Å². The number of likely N-dealkylation sites (N-methyl/N-ethyl adjacent to an activating group) is 1. The van der Waals surface area contributed by atoms with E-state index in [2.05, 4.69) is 37.6 Å². The van der Waals surface area contributed by atoms with Crippen molar-refractivity contribution < 1.29 is 14.6 Å². The third kappa shape index (κ3) is 3.12. The van der Waals surface area contributed by atoms with E-state index in [4.69, 9.17) is 4.74 Å². The second-order valence-electron chi connectivity index (χ2n) is 7.66. The number of hydrogen-bond acceptors (Lipinski definition) is 7. The topological polar surface area (TPSA) is 116 Å². The molecule has 3 aromatic rings. The molecule has 9 nitrogen and oxygen atoms in total. The number of aliphatic hydroxyl groups excluding tert-OH is 1. The molecule has 2 aromatic heterocycles. The molecule has 1 amide bonds. The van der Waals surface area contributed by atoms with Gasteiger partial charge in [-0.2, -0.15) is 0 Å². The van der Waals surface area contributed by atoms with Gasteiger partial charge < -0.3 is 14.8 Å². The quantitative estimate of drug-likeness (QED) is 0.547. The van der Waals surface area contributed by atoms with Gasteiger partial charge in [-0.25, -0.2) is 4.98 Å². The molecule has 9 heteroatoms. The number of ether oxygens (including phenoxy) is 1. The number of carbonyl (C=O) groups excluding carboxylic acids is 1. The number of pyridine rings is 1. The number of benzene rings is 1. The average molecular weight is 406 g/mol. The molecule has 0 bridgehead atoms. The monoisotopic (exact) mass is 406 g/mol. The van der Waals surface area contributed by atoms with Crippen LogP contribution in [0.5, 0.6) is 5.75 Å². The average Bonchev–Trinajstić information content (AvgIpc) is 3.47. The smallest absolute Gasteiger partial charge is 0.248 e. The van der Waals surface area contributed by atoms with Crippen LogP contribution in [0.1, 0.15) is 36.3 Å². The van der Waals surface area contributed by atoms with Crippen LogP contribution in [0.4, 0.5) is 5.82 Å². The van der Waals surface area contributed by atoms with Gasteiger partial charge in [0.15, 0.2) is 23.6 Å². The summed E-state index contributed by atoms with van der Waals surface area (Å²) in [6.45, 7) is 0.0634. The molecule has 1 aliphatic carbocycles. The first-order valence-electron chi connectivity index (χ1n) is 9.86. The van der Waals surface area contributed by atoms with E-state index in [-0.39, 0.29) is 23.8 Å². The zero-order valence-electron chi connectivity index (χ0n) is 16.4. The molecule has 154 valence electrons. The molecule has 3 N–H and O–H groups in total. The number of carbonyl (C=O) groups is 1. The van der Waals surface area contributed by atoms with Crippen molar-refractivity contribution in [2.75, 3.05) is 18.6 Å². The van der Waals surface area contributed by atoms with Crippen molar-refractivity contribution in [2.24, 2.45) is 0 Å². The molecule has 0 radical (unpaired) electrons. The minimum absolute atomic E-state index is 0.0634. The van der Waals surface area contributed by atoms with Gasteiger partial charge in [-0.05, 0) is 30.5 Å². The number of rotatable bonds is 5. The van der Waals surface area contributed by atoms with E-state index >= 15 is 0 Å². The van der Waals surface area contributed by atoms with Gasteiger partial charge in [-0.3, -0.25) is 15.0 Å². The number of nitrogens with one attached hydrogen (secondary N) is 2. The van der Waals surface area contributed by atoms with Crippen molar-refractivity contribution in [1.82, 2.24) is 25.5 Å². The van der Waals surface area contributed by atoms with Crippen LogP contribution >= 0.6 is 0 Å². The molecule has 30 heavy (non-hydrogen) atoms. The molecule has 1 saturated carbocycles. The Morgan fingerprint density at radius 2 is 2.03 bits per heavy atom. The first-order chi connectivity index (χ1) is 14.6. The Kier molecular flexibility index (Phi) is 4.48. The minimum Gasteiger partial charge on any atom is -0.488 e. The number of fused-ring (bicyclic) bond motifs is 1. The number of aliphatic hydroxyl groups is 1. The van der Waals surface area contributed by atoms with Crippen molar-refractivity contribution >= 4 is 11.7 Å². The normalized spacial score (nSPS) is 20.8. The van der Waals surface area contributed by atoms with Gasteiger partial charge in [0.2, 0.25) is 5.91 Å². The molecule has 1 unspecified atom stereocenters. The predicted molar refractivity (Wildman–Crippen MR) is 108 cm³/mol. The van der Waals surface area contributed by atoms with E-state index in [0.29, 0.717) is 11.6 Å². The summed E-state index contributed by atoms with van der Waals surface area (Å²) >= 11 is 0. The second-order valence-corrected chi connectivity index (χ2v) is 7.66. The Balaban J connectivity index is 1.32. The summed E-state index contributed by atoms with van der Waals surface area (Å²) in [6.07, 6.45) is 2.35. The van der Waals surface area contributed by atoms with Crippen molar-refractivity contribution in [3.63, 3.8) is 0 Å². The Labute approximate surface area is 173 Å². The summed E-state index contributed by atoms with van der Waals surface area (Å²) < 4.78 is 5.72. The number of hydrogen-bond donors (Lipinski definition) is 3. The maximum Gasteiger partial charge on any atom is 0.248 e. The first kappa shape index (κ1) is 18.7. The highest BCUT2D eigenvalue weighted by Gasteiger charge is 2.49. The molecule has 3 heterocycles. The maximum absolute atomic E-state index is 12.8. The fourth-order valence-electron chi connectivity index (χ4n) is 3.88. The maximum atomic E-state index is 12.8. The lowest BCUT2D eigenvalue weighted by atomic mass is 9.95. The van der Waals surface area contributed by atoms with E-state index in [1.165, 1.54) is 10.5 Å². The summed E-state index contributed by atoms with van der Waals surface area (Å²) in [5.74, 6) is 1.70. The Hall–Kier alpha value is -3.30. The Morgan fingerprint density at radius 1 is 1.23 bits per heavy atom. The lowest BCUT2D eigenvalue weighted by Crippen LogP contribution is -2.48. The number of anilines is 1. The number of aromatic nitrogens is 4. The highest BCUT2D eigenvalue weighted by molar-refractivity contribution is 5.97. The third-order valence-corrected chi connectivity index (χ3v) is 5.75. The molecule has 2 aliphatic rings. The minimum atomic E-state index is -1.20. The largest absolute Gasteiger partial charge is 0.488 e. The van der Waals surface area contributed by atoms with Gasteiger partial charge in [-0.1, -0.05) is 30.3 Å². The lowest BCUT2D eigenvalue weighted by Gasteiger charge is -2.21. The van der Waals surface area contributed by atoms with Crippen LogP contribution in [0.25, 0.3) is 0 Å². The predicted octanol–water partition coefficient (Wildman–Crippen LogP) is 1.28. The van der Waals surface area contributed by atoms with Crippen molar-refractivity contribution in [1.29, 1.82) is 0 Å². The SMILES string of the molecule is CN1C(=O)[C@@H](NC(O)c2nnc(C3(c4ccccc4)CC3)[nH]2)COc2cccnc21. The van der Waals surface area contributed by atoms with E-state index in [0.717, 1.165) is 18.7 Å². The van der Waals surface area contributed by atoms with Gasteiger partial charge in [0.25, 0.3) is 0 Å². The fraction of sp³-hybridized carbons (Fsp3) is 0.333. The second kappa shape index (κ2) is 7.19. The van der Waals surface area contributed by atoms with Crippen LogP contribution < -0.4 is 15.0 Å². The van der Waals surface area contributed by atoms with E-state index in [1.54, 1.807) is 25.4 Å². The van der Waals surface area contributed by atoms with E-state index in [1.807, 2.05) is 18.2 Å². The summed E-state index contributed by atoms with van der Waals surface area (Å²) in [5, 5.41) is 22.0. The first-order valence-corrected chi connectivity index (χ1v) is 9.86. The number of amides is 1. The Bertz CT molecular complexity index is 1070. The van der Waals surface area contributed by atoms with E-state index in [9.17, 15) is 9.90 Å². The standard InChI is InChI=1S/C21H22N6O3/c1-27-17-15(8-5-11-22-17)30-12-14(19(27)29)23-18(28)16-24-20(26-25-16)21(9-10-21)13-6-3-2-4-7-13/h2-8,11,14,18,23,28H,9-10,12H2,1H3,(H,24,25,26)/t14-,18?/m0/s1. The van der Waals surface area contributed by atoms with E-state index < -0.39 is 12.3 Å². The fourth-order valence-corrected chi connectivity index (χ4v) is 3.88. The van der Waals surface area contributed by atoms with Gasteiger partial charge >= 0.3 is 0 Å². The van der Waals surface area contributed by atoms with Crippen molar-refractivity contribution in [3.05, 3.63) is 65.9 Å². The zero-order valence-corrected chi connectivity index (χ0v) is 16.4. The highest BCUT2D eigenvalue weighted by atomic mass is 16.5. The zero-order chi connectivity index (χ0) is 20.7. The molecule has 0 saturated heterocycles. The van der Waals surface area contributed by atoms with Gasteiger partial charge in [0.05, 0.1) is 5.41 Å². The van der Waals surface area contributed by atoms with Crippen LogP contribution in [0.15, 0.2) is 48.7 Å². The summed E-state index contributed by atoms with van der Waals surface area (Å²) in [4.78, 5) is 21.6. The van der Waals surface area contributed by atoms with Crippen LogP contribution in [-0.2, 0) is 10.2 Å². The van der Waals surface area contributed by atoms with Crippen molar-refractivity contribution in [2.45, 2.75) is 30.5 Å². The van der Waals surface area contributed by atoms with Crippen molar-refractivity contribution in [3.8, 4) is 5.75 Å². The lowest BCUT2D eigenvalue weighted by molar-refractivity contribution is -0.121. The molecule has 5 rings (SSSR count). The number of nitrogens with zero attached hydrogens (tertiary/aromatic N) is 4. The van der Waals surface area contributed by atoms with Gasteiger partial charge in [0.1, 0.15) is 18.5 Å². The van der Waals surface area contributed by atoms with Crippen LogP contribution in [0.3, 0.4) is 0 Å². The third-order valence-electron chi connectivity index (χ3n) is 5.75. The van der Waals surface area contributed by atoms with Crippen LogP contribution in [-0.4, -0.2) is 50.9 Å². The summed E-state index contributed by atoms with van der Waals surface area (Å²) in [6, 6.07) is 12.9. The van der Waals surface area contributed by atoms with Crippen LogP contribution in [0, 0.1) is 0 Å². The number of aromatic amines is 1. The summed E-state index contributed by atoms with van der Waals surface area (Å²) in [5.41, 5.74) is 0.996. The Morgan fingerprint density at radius 3 is 2.80 bits per heavy atom. The van der Waals surface area contributed by atoms with Gasteiger partial charge in [-0.15, -0.1) is 10.2 Å². The molecule has 1 fully saturated rings. The molecule has 2 atom stereocenters. The van der Waals surface area contributed by atoms with Crippen LogP contribution in [0.2, 0.25) is 0 Å². The number of H-pyrrole nitrogens is 1.